The van der Waals surface area contributed by atoms with Crippen LogP contribution in [0.3, 0.4) is 0 Å². The molecule has 1 aliphatic rings. The van der Waals surface area contributed by atoms with Crippen LogP contribution in [0.25, 0.3) is 0 Å². The molecule has 0 saturated carbocycles. The monoisotopic (exact) mass is 344 g/mol. The van der Waals surface area contributed by atoms with Gasteiger partial charge in [-0.05, 0) is 11.8 Å². The maximum Gasteiger partial charge on any atom is 0.330 e. The second-order valence-corrected chi connectivity index (χ2v) is 13.8. The molecule has 124 valence electrons. The summed E-state index contributed by atoms with van der Waals surface area (Å²) >= 11 is 1.81. The summed E-state index contributed by atoms with van der Waals surface area (Å²) in [5.41, 5.74) is -0.888. The van der Waals surface area contributed by atoms with Crippen LogP contribution >= 0.6 is 11.8 Å². The van der Waals surface area contributed by atoms with Crippen LogP contribution in [0.15, 0.2) is 21.9 Å². The Balaban J connectivity index is 2.02. The smallest absolute Gasteiger partial charge is 0.330 e. The van der Waals surface area contributed by atoms with Gasteiger partial charge in [-0.15, -0.1) is 0 Å². The van der Waals surface area contributed by atoms with Gasteiger partial charge in [0.15, 0.2) is 0 Å². The number of ether oxygens (including phenoxy) is 1. The van der Waals surface area contributed by atoms with Gasteiger partial charge >= 0.3 is 5.69 Å². The predicted molar refractivity (Wildman–Crippen MR) is 91.3 cm³/mol. The Morgan fingerprint density at radius 2 is 2.18 bits per heavy atom. The van der Waals surface area contributed by atoms with Gasteiger partial charge in [-0.1, -0.05) is 19.6 Å². The van der Waals surface area contributed by atoms with E-state index in [9.17, 15) is 14.7 Å². The van der Waals surface area contributed by atoms with Crippen LogP contribution < -0.4 is 11.2 Å². The third-order valence-electron chi connectivity index (χ3n) is 3.71. The number of aliphatic hydroxyl groups excluding tert-OH is 1. The molecule has 1 aliphatic heterocycles. The zero-order valence-corrected chi connectivity index (χ0v) is 15.1. The third-order valence-corrected chi connectivity index (χ3v) is 7.18. The molecule has 2 heterocycles. The molecule has 0 spiro atoms. The number of aromatic amines is 1. The van der Waals surface area contributed by atoms with Crippen LogP contribution in [0.5, 0.6) is 0 Å². The zero-order chi connectivity index (χ0) is 16.3. The summed E-state index contributed by atoms with van der Waals surface area (Å²) < 4.78 is 7.19. The van der Waals surface area contributed by atoms with Gasteiger partial charge in [0.1, 0.15) is 6.23 Å². The maximum atomic E-state index is 11.8. The highest BCUT2D eigenvalue weighted by atomic mass is 32.2. The lowest BCUT2D eigenvalue weighted by atomic mass is 10.2. The fourth-order valence-corrected chi connectivity index (χ4v) is 6.27. The molecule has 0 unspecified atom stereocenters. The Bertz CT molecular complexity index is 610. The summed E-state index contributed by atoms with van der Waals surface area (Å²) in [6, 6.07) is 2.53. The predicted octanol–water partition coefficient (Wildman–Crippen LogP) is 1.26. The molecule has 6 nitrogen and oxygen atoms in total. The first-order valence-corrected chi connectivity index (χ1v) is 12.2. The van der Waals surface area contributed by atoms with Gasteiger partial charge in [-0.3, -0.25) is 14.3 Å². The quantitative estimate of drug-likeness (QED) is 0.759. The van der Waals surface area contributed by atoms with Crippen molar-refractivity contribution in [3.63, 3.8) is 0 Å². The average Bonchev–Trinajstić information content (AvgIpc) is 2.80. The summed E-state index contributed by atoms with van der Waals surface area (Å²) in [4.78, 5) is 25.2. The summed E-state index contributed by atoms with van der Waals surface area (Å²) in [6.07, 6.45) is 1.42. The number of thioether (sulfide) groups is 1. The SMILES string of the molecule is C[Si](C)(C)CCS[C@@H]1C[C@H](n2ccc(=O)[nH]c2=O)O[C@@H]1CO. The third kappa shape index (κ3) is 4.58. The Morgan fingerprint density at radius 3 is 2.77 bits per heavy atom. The van der Waals surface area contributed by atoms with E-state index in [1.807, 2.05) is 11.8 Å². The van der Waals surface area contributed by atoms with Gasteiger partial charge in [0.2, 0.25) is 0 Å². The van der Waals surface area contributed by atoms with E-state index in [1.165, 1.54) is 22.9 Å². The number of H-pyrrole nitrogens is 1. The molecule has 2 N–H and O–H groups in total. The van der Waals surface area contributed by atoms with Gasteiger partial charge in [0, 0.05) is 32.0 Å². The van der Waals surface area contributed by atoms with E-state index in [-0.39, 0.29) is 18.0 Å². The number of hydrogen-bond acceptors (Lipinski definition) is 5. The van der Waals surface area contributed by atoms with E-state index >= 15 is 0 Å². The normalized spacial score (nSPS) is 25.5. The number of aromatic nitrogens is 2. The highest BCUT2D eigenvalue weighted by molar-refractivity contribution is 8.00. The Labute approximate surface area is 134 Å². The number of rotatable bonds is 6. The van der Waals surface area contributed by atoms with E-state index < -0.39 is 25.6 Å². The molecule has 1 aromatic rings. The highest BCUT2D eigenvalue weighted by Gasteiger charge is 2.36. The van der Waals surface area contributed by atoms with Gasteiger partial charge < -0.3 is 9.84 Å². The van der Waals surface area contributed by atoms with Crippen LogP contribution in [0.2, 0.25) is 25.7 Å². The van der Waals surface area contributed by atoms with Crippen molar-refractivity contribution in [2.24, 2.45) is 0 Å². The van der Waals surface area contributed by atoms with Gasteiger partial charge in [-0.25, -0.2) is 4.79 Å². The van der Waals surface area contributed by atoms with E-state index in [1.54, 1.807) is 0 Å². The average molecular weight is 345 g/mol. The van der Waals surface area contributed by atoms with Crippen molar-refractivity contribution < 1.29 is 9.84 Å². The van der Waals surface area contributed by atoms with Crippen LogP contribution in [-0.4, -0.2) is 46.4 Å². The molecule has 3 atom stereocenters. The fourth-order valence-electron chi connectivity index (χ4n) is 2.38. The van der Waals surface area contributed by atoms with Crippen LogP contribution in [0, 0.1) is 0 Å². The molecule has 0 amide bonds. The van der Waals surface area contributed by atoms with Crippen molar-refractivity contribution in [3.05, 3.63) is 33.1 Å². The number of nitrogens with one attached hydrogen (secondary N) is 1. The summed E-state index contributed by atoms with van der Waals surface area (Å²) in [5, 5.41) is 9.67. The minimum atomic E-state index is -1.08. The van der Waals surface area contributed by atoms with Gasteiger partial charge in [0.05, 0.1) is 12.7 Å². The molecular weight excluding hydrogens is 320 g/mol. The maximum absolute atomic E-state index is 11.8. The minimum Gasteiger partial charge on any atom is -0.394 e. The largest absolute Gasteiger partial charge is 0.394 e. The first-order valence-electron chi connectivity index (χ1n) is 7.49. The second kappa shape index (κ2) is 7.16. The summed E-state index contributed by atoms with van der Waals surface area (Å²) in [6.45, 7) is 6.96. The molecule has 22 heavy (non-hydrogen) atoms. The van der Waals surface area contributed by atoms with Gasteiger partial charge in [-0.2, -0.15) is 11.8 Å². The molecule has 1 aromatic heterocycles. The Morgan fingerprint density at radius 1 is 1.45 bits per heavy atom. The molecule has 0 aliphatic carbocycles. The number of aliphatic hydroxyl groups is 1. The molecule has 1 fully saturated rings. The summed E-state index contributed by atoms with van der Waals surface area (Å²) in [5.74, 6) is 1.05. The van der Waals surface area contributed by atoms with Crippen molar-refractivity contribution >= 4 is 19.8 Å². The number of nitrogens with zero attached hydrogens (tertiary/aromatic N) is 1. The Hall–Kier alpha value is -0.833. The van der Waals surface area contributed by atoms with Crippen molar-refractivity contribution in [2.45, 2.75) is 49.7 Å². The van der Waals surface area contributed by atoms with E-state index in [0.717, 1.165) is 5.75 Å². The number of hydrogen-bond donors (Lipinski definition) is 2. The van der Waals surface area contributed by atoms with Crippen molar-refractivity contribution in [3.8, 4) is 0 Å². The second-order valence-electron chi connectivity index (χ2n) is 6.78. The van der Waals surface area contributed by atoms with Crippen LogP contribution in [0.1, 0.15) is 12.6 Å². The zero-order valence-electron chi connectivity index (χ0n) is 13.2. The fraction of sp³-hybridized carbons (Fsp3) is 0.714. The molecule has 8 heteroatoms. The molecular formula is C14H24N2O4SSi. The first-order chi connectivity index (χ1) is 10.3. The molecule has 2 rings (SSSR count). The Kier molecular flexibility index (Phi) is 5.70. The van der Waals surface area contributed by atoms with Crippen LogP contribution in [-0.2, 0) is 4.74 Å². The topological polar surface area (TPSA) is 84.3 Å². The standard InChI is InChI=1S/C14H24N2O4SSi/c1-22(2,3)7-6-21-11-8-13(20-10(11)9-17)16-5-4-12(18)15-14(16)19/h4-5,10-11,13,17H,6-9H2,1-3H3,(H,15,18,19)/t10-,11-,13-/m1/s1. The van der Waals surface area contributed by atoms with Crippen molar-refractivity contribution in [2.75, 3.05) is 12.4 Å². The van der Waals surface area contributed by atoms with Crippen LogP contribution in [0.4, 0.5) is 0 Å². The summed E-state index contributed by atoms with van der Waals surface area (Å²) in [7, 11) is -1.08. The van der Waals surface area contributed by atoms with Crippen molar-refractivity contribution in [1.82, 2.24) is 9.55 Å². The van der Waals surface area contributed by atoms with E-state index in [2.05, 4.69) is 24.6 Å². The first kappa shape index (κ1) is 17.5. The lowest BCUT2D eigenvalue weighted by Gasteiger charge is -2.19. The van der Waals surface area contributed by atoms with Crippen molar-refractivity contribution in [1.29, 1.82) is 0 Å². The lowest BCUT2D eigenvalue weighted by molar-refractivity contribution is -0.0237. The molecule has 0 aromatic carbocycles. The van der Waals surface area contributed by atoms with E-state index in [4.69, 9.17) is 4.74 Å². The van der Waals surface area contributed by atoms with Gasteiger partial charge in [0.25, 0.3) is 5.56 Å². The molecule has 1 saturated heterocycles. The molecule has 0 bridgehead atoms. The highest BCUT2D eigenvalue weighted by Crippen LogP contribution is 2.36. The molecule has 0 radical (unpaired) electrons. The lowest BCUT2D eigenvalue weighted by Crippen LogP contribution is -2.31. The van der Waals surface area contributed by atoms with E-state index in [0.29, 0.717) is 6.42 Å². The minimum absolute atomic E-state index is 0.0563.